The molecule has 6 heteroatoms. The summed E-state index contributed by atoms with van der Waals surface area (Å²) in [5, 5.41) is 6.73. The molecule has 28 heavy (non-hydrogen) atoms. The Kier molecular flexibility index (Phi) is 14.4. The van der Waals surface area contributed by atoms with E-state index >= 15 is 0 Å². The van der Waals surface area contributed by atoms with E-state index in [4.69, 9.17) is 4.74 Å². The van der Waals surface area contributed by atoms with Gasteiger partial charge in [-0.25, -0.2) is 0 Å². The molecule has 1 aromatic rings. The van der Waals surface area contributed by atoms with Crippen LogP contribution in [0, 0.1) is 0 Å². The number of likely N-dealkylation sites (tertiary alicyclic amines) is 1. The minimum atomic E-state index is 0. The van der Waals surface area contributed by atoms with Gasteiger partial charge in [-0.1, -0.05) is 50.1 Å². The highest BCUT2D eigenvalue weighted by Crippen LogP contribution is 2.16. The molecule has 1 fully saturated rings. The Morgan fingerprint density at radius 2 is 1.75 bits per heavy atom. The molecule has 0 saturated carbocycles. The zero-order valence-electron chi connectivity index (χ0n) is 17.7. The number of hydrogen-bond acceptors (Lipinski definition) is 3. The van der Waals surface area contributed by atoms with Crippen molar-refractivity contribution >= 4 is 29.9 Å². The maximum absolute atomic E-state index is 6.08. The summed E-state index contributed by atoms with van der Waals surface area (Å²) >= 11 is 0. The highest BCUT2D eigenvalue weighted by molar-refractivity contribution is 14.0. The Balaban J connectivity index is 0.00000392. The number of nitrogens with zero attached hydrogens (tertiary/aromatic N) is 2. The van der Waals surface area contributed by atoms with Gasteiger partial charge in [-0.2, -0.15) is 0 Å². The molecule has 1 aromatic carbocycles. The second-order valence-electron chi connectivity index (χ2n) is 7.32. The van der Waals surface area contributed by atoms with E-state index in [0.29, 0.717) is 6.10 Å². The number of halogens is 1. The Labute approximate surface area is 188 Å². The van der Waals surface area contributed by atoms with Crippen LogP contribution in [0.1, 0.15) is 51.0 Å². The summed E-state index contributed by atoms with van der Waals surface area (Å²) < 4.78 is 6.08. The zero-order valence-corrected chi connectivity index (χ0v) is 20.0. The summed E-state index contributed by atoms with van der Waals surface area (Å²) in [6.45, 7) is 8.26. The third kappa shape index (κ3) is 10.6. The molecule has 0 aromatic heterocycles. The van der Waals surface area contributed by atoms with Crippen LogP contribution in [-0.4, -0.2) is 56.8 Å². The monoisotopic (exact) mass is 502 g/mol. The average Bonchev–Trinajstić information content (AvgIpc) is 2.71. The Morgan fingerprint density at radius 1 is 1.07 bits per heavy atom. The van der Waals surface area contributed by atoms with Crippen LogP contribution >= 0.6 is 24.0 Å². The number of benzene rings is 1. The fraction of sp³-hybridized carbons (Fsp3) is 0.682. The Bertz CT molecular complexity index is 519. The van der Waals surface area contributed by atoms with Gasteiger partial charge in [0.25, 0.3) is 0 Å². The van der Waals surface area contributed by atoms with Crippen LogP contribution in [0.3, 0.4) is 0 Å². The van der Waals surface area contributed by atoms with Gasteiger partial charge in [0, 0.05) is 46.4 Å². The first-order chi connectivity index (χ1) is 13.3. The van der Waals surface area contributed by atoms with Crippen molar-refractivity contribution in [3.8, 4) is 0 Å². The molecule has 0 amide bonds. The smallest absolute Gasteiger partial charge is 0.190 e. The van der Waals surface area contributed by atoms with Crippen LogP contribution in [0.5, 0.6) is 0 Å². The molecule has 1 aliphatic rings. The van der Waals surface area contributed by atoms with Gasteiger partial charge in [0.2, 0.25) is 0 Å². The van der Waals surface area contributed by atoms with Crippen LogP contribution < -0.4 is 10.6 Å². The third-order valence-corrected chi connectivity index (χ3v) is 5.05. The maximum Gasteiger partial charge on any atom is 0.190 e. The molecule has 2 rings (SSSR count). The maximum atomic E-state index is 6.08. The summed E-state index contributed by atoms with van der Waals surface area (Å²) in [6.07, 6.45) is 7.42. The number of guanidine groups is 1. The Hall–Kier alpha value is -0.860. The molecule has 160 valence electrons. The van der Waals surface area contributed by atoms with Gasteiger partial charge in [-0.15, -0.1) is 24.0 Å². The van der Waals surface area contributed by atoms with Gasteiger partial charge >= 0.3 is 0 Å². The van der Waals surface area contributed by atoms with E-state index in [0.717, 1.165) is 64.6 Å². The predicted octanol–water partition coefficient (Wildman–Crippen LogP) is 4.03. The molecular formula is C22H39IN4O. The number of rotatable bonds is 11. The zero-order chi connectivity index (χ0) is 19.2. The molecule has 0 radical (unpaired) electrons. The number of unbranched alkanes of at least 4 members (excludes halogenated alkanes) is 2. The molecule has 0 aliphatic carbocycles. The summed E-state index contributed by atoms with van der Waals surface area (Å²) in [7, 11) is 1.83. The van der Waals surface area contributed by atoms with Crippen LogP contribution in [0.25, 0.3) is 0 Å². The van der Waals surface area contributed by atoms with Crippen molar-refractivity contribution in [2.45, 2.75) is 58.1 Å². The number of piperidine rings is 1. The lowest BCUT2D eigenvalue weighted by molar-refractivity contribution is 0.00534. The lowest BCUT2D eigenvalue weighted by Crippen LogP contribution is -2.39. The summed E-state index contributed by atoms with van der Waals surface area (Å²) in [4.78, 5) is 6.80. The fourth-order valence-electron chi connectivity index (χ4n) is 3.41. The molecule has 0 atom stereocenters. The molecule has 0 bridgehead atoms. The number of ether oxygens (including phenoxy) is 1. The van der Waals surface area contributed by atoms with Crippen molar-refractivity contribution in [1.29, 1.82) is 0 Å². The molecular weight excluding hydrogens is 463 g/mol. The van der Waals surface area contributed by atoms with Crippen molar-refractivity contribution in [3.05, 3.63) is 35.9 Å². The van der Waals surface area contributed by atoms with Crippen molar-refractivity contribution in [3.63, 3.8) is 0 Å². The van der Waals surface area contributed by atoms with E-state index in [-0.39, 0.29) is 24.0 Å². The van der Waals surface area contributed by atoms with Gasteiger partial charge in [0.1, 0.15) is 0 Å². The standard InChI is InChI=1S/C22H38N4O.HI/c1-3-4-8-14-24-22(23-2)25-15-9-18-27-21-12-16-26(17-13-21)19-20-10-6-5-7-11-20;/h5-7,10-11,21H,3-4,8-9,12-19H2,1-2H3,(H2,23,24,25);1H. The molecule has 0 unspecified atom stereocenters. The number of hydrogen-bond donors (Lipinski definition) is 2. The Morgan fingerprint density at radius 3 is 2.39 bits per heavy atom. The van der Waals surface area contributed by atoms with Gasteiger partial charge < -0.3 is 15.4 Å². The van der Waals surface area contributed by atoms with Gasteiger partial charge in [-0.3, -0.25) is 9.89 Å². The lowest BCUT2D eigenvalue weighted by atomic mass is 10.1. The summed E-state index contributed by atoms with van der Waals surface area (Å²) in [5.74, 6) is 0.903. The largest absolute Gasteiger partial charge is 0.378 e. The van der Waals surface area contributed by atoms with Gasteiger partial charge in [0.15, 0.2) is 5.96 Å². The summed E-state index contributed by atoms with van der Waals surface area (Å²) in [5.41, 5.74) is 1.40. The van der Waals surface area contributed by atoms with E-state index in [1.807, 2.05) is 7.05 Å². The molecule has 1 saturated heterocycles. The molecule has 0 spiro atoms. The van der Waals surface area contributed by atoms with Crippen LogP contribution in [-0.2, 0) is 11.3 Å². The summed E-state index contributed by atoms with van der Waals surface area (Å²) in [6, 6.07) is 10.7. The first-order valence-electron chi connectivity index (χ1n) is 10.6. The van der Waals surface area contributed by atoms with E-state index in [2.05, 4.69) is 57.8 Å². The predicted molar refractivity (Wildman–Crippen MR) is 130 cm³/mol. The first-order valence-corrected chi connectivity index (χ1v) is 10.6. The van der Waals surface area contributed by atoms with Gasteiger partial charge in [-0.05, 0) is 31.2 Å². The number of nitrogens with one attached hydrogen (secondary N) is 2. The minimum Gasteiger partial charge on any atom is -0.378 e. The van der Waals surface area contributed by atoms with Crippen LogP contribution in [0.4, 0.5) is 0 Å². The minimum absolute atomic E-state index is 0. The highest BCUT2D eigenvalue weighted by Gasteiger charge is 2.19. The molecule has 5 nitrogen and oxygen atoms in total. The number of aliphatic imine (C=N–C) groups is 1. The van der Waals surface area contributed by atoms with Crippen LogP contribution in [0.15, 0.2) is 35.3 Å². The first kappa shape index (κ1) is 25.2. The molecule has 1 aliphatic heterocycles. The van der Waals surface area contributed by atoms with Crippen molar-refractivity contribution < 1.29 is 4.74 Å². The second kappa shape index (κ2) is 16.0. The van der Waals surface area contributed by atoms with E-state index in [1.54, 1.807) is 0 Å². The van der Waals surface area contributed by atoms with E-state index in [1.165, 1.54) is 24.8 Å². The van der Waals surface area contributed by atoms with Crippen molar-refractivity contribution in [2.24, 2.45) is 4.99 Å². The van der Waals surface area contributed by atoms with Crippen LogP contribution in [0.2, 0.25) is 0 Å². The second-order valence-corrected chi connectivity index (χ2v) is 7.32. The van der Waals surface area contributed by atoms with Crippen molar-refractivity contribution in [2.75, 3.05) is 39.8 Å². The molecule has 1 heterocycles. The van der Waals surface area contributed by atoms with Crippen molar-refractivity contribution in [1.82, 2.24) is 15.5 Å². The van der Waals surface area contributed by atoms with E-state index in [9.17, 15) is 0 Å². The quantitative estimate of drug-likeness (QED) is 0.208. The molecule has 2 N–H and O–H groups in total. The highest BCUT2D eigenvalue weighted by atomic mass is 127. The fourth-order valence-corrected chi connectivity index (χ4v) is 3.41. The topological polar surface area (TPSA) is 48.9 Å². The average molecular weight is 502 g/mol. The normalized spacial score (nSPS) is 15.9. The third-order valence-electron chi connectivity index (χ3n) is 5.05. The SMILES string of the molecule is CCCCCNC(=NC)NCCCOC1CCN(Cc2ccccc2)CC1.I. The van der Waals surface area contributed by atoms with Gasteiger partial charge in [0.05, 0.1) is 6.10 Å². The van der Waals surface area contributed by atoms with E-state index < -0.39 is 0 Å². The lowest BCUT2D eigenvalue weighted by Gasteiger charge is -2.32.